The van der Waals surface area contributed by atoms with E-state index in [-0.39, 0.29) is 11.1 Å². The smallest absolute Gasteiger partial charge is 0.254 e. The van der Waals surface area contributed by atoms with Gasteiger partial charge in [0.25, 0.3) is 5.91 Å². The van der Waals surface area contributed by atoms with Crippen LogP contribution in [0.3, 0.4) is 0 Å². The van der Waals surface area contributed by atoms with Crippen LogP contribution in [0.15, 0.2) is 24.5 Å². The Bertz CT molecular complexity index is 601. The number of benzene rings is 1. The first kappa shape index (κ1) is 13.5. The second kappa shape index (κ2) is 5.36. The van der Waals surface area contributed by atoms with E-state index >= 15 is 0 Å². The van der Waals surface area contributed by atoms with Gasteiger partial charge in [0, 0.05) is 11.8 Å². The Labute approximate surface area is 112 Å². The fourth-order valence-corrected chi connectivity index (χ4v) is 1.70. The summed E-state index contributed by atoms with van der Waals surface area (Å²) in [6.45, 7) is 1.70. The molecule has 2 rings (SSSR count). The molecule has 0 radical (unpaired) electrons. The van der Waals surface area contributed by atoms with Crippen LogP contribution >= 0.6 is 11.6 Å². The Morgan fingerprint density at radius 2 is 2.16 bits per heavy atom. The lowest BCUT2D eigenvalue weighted by Crippen LogP contribution is -2.27. The van der Waals surface area contributed by atoms with Gasteiger partial charge in [0.1, 0.15) is 11.6 Å². The Morgan fingerprint density at radius 3 is 2.79 bits per heavy atom. The predicted molar refractivity (Wildman–Crippen MR) is 65.8 cm³/mol. The van der Waals surface area contributed by atoms with Gasteiger partial charge >= 0.3 is 0 Å². The highest BCUT2D eigenvalue weighted by Gasteiger charge is 2.18. The van der Waals surface area contributed by atoms with Crippen LogP contribution in [0, 0.1) is 11.6 Å². The van der Waals surface area contributed by atoms with Crippen molar-refractivity contribution in [1.82, 2.24) is 15.5 Å². The lowest BCUT2D eigenvalue weighted by atomic mass is 10.1. The molecular formula is C12H10ClF2N3O. The highest BCUT2D eigenvalue weighted by molar-refractivity contribution is 6.30. The third-order valence-electron chi connectivity index (χ3n) is 2.62. The van der Waals surface area contributed by atoms with Gasteiger partial charge in [0.2, 0.25) is 0 Å². The number of aromatic nitrogens is 2. The highest BCUT2D eigenvalue weighted by Crippen LogP contribution is 2.20. The van der Waals surface area contributed by atoms with Crippen molar-refractivity contribution in [1.29, 1.82) is 0 Å². The number of rotatable bonds is 3. The molecule has 2 N–H and O–H groups in total. The summed E-state index contributed by atoms with van der Waals surface area (Å²) < 4.78 is 26.8. The third kappa shape index (κ3) is 2.90. The maximum Gasteiger partial charge on any atom is 0.254 e. The average molecular weight is 286 g/mol. The van der Waals surface area contributed by atoms with E-state index in [1.807, 2.05) is 0 Å². The minimum atomic E-state index is -0.872. The first-order chi connectivity index (χ1) is 8.99. The highest BCUT2D eigenvalue weighted by atomic mass is 35.5. The zero-order valence-electron chi connectivity index (χ0n) is 9.88. The Hall–Kier alpha value is -1.95. The van der Waals surface area contributed by atoms with E-state index in [1.165, 1.54) is 6.20 Å². The fraction of sp³-hybridized carbons (Fsp3) is 0.167. The Kier molecular flexibility index (Phi) is 3.80. The zero-order valence-corrected chi connectivity index (χ0v) is 10.6. The molecule has 0 aliphatic carbocycles. The van der Waals surface area contributed by atoms with Crippen molar-refractivity contribution in [3.05, 3.63) is 52.3 Å². The van der Waals surface area contributed by atoms with E-state index in [4.69, 9.17) is 11.6 Å². The summed E-state index contributed by atoms with van der Waals surface area (Å²) in [6, 6.07) is 1.16. The van der Waals surface area contributed by atoms with E-state index in [2.05, 4.69) is 15.5 Å². The molecule has 1 heterocycles. The summed E-state index contributed by atoms with van der Waals surface area (Å²) in [5.41, 5.74) is 0.334. The molecule has 7 heteroatoms. The molecule has 0 fully saturated rings. The molecule has 1 aromatic heterocycles. The van der Waals surface area contributed by atoms with E-state index in [9.17, 15) is 13.6 Å². The molecule has 0 saturated heterocycles. The number of carbonyl (C=O) groups is 1. The van der Waals surface area contributed by atoms with Gasteiger partial charge in [0.05, 0.1) is 22.8 Å². The lowest BCUT2D eigenvalue weighted by molar-refractivity contribution is 0.0935. The molecule has 0 spiro atoms. The van der Waals surface area contributed by atoms with Crippen LogP contribution in [0.1, 0.15) is 28.9 Å². The Balaban J connectivity index is 2.19. The molecular weight excluding hydrogens is 276 g/mol. The van der Waals surface area contributed by atoms with Crippen LogP contribution in [0.25, 0.3) is 0 Å². The van der Waals surface area contributed by atoms with Crippen molar-refractivity contribution in [3.8, 4) is 0 Å². The monoisotopic (exact) mass is 285 g/mol. The van der Waals surface area contributed by atoms with Crippen LogP contribution in [0.4, 0.5) is 8.78 Å². The van der Waals surface area contributed by atoms with Gasteiger partial charge in [-0.25, -0.2) is 8.78 Å². The van der Waals surface area contributed by atoms with E-state index in [1.54, 1.807) is 13.1 Å². The van der Waals surface area contributed by atoms with Gasteiger partial charge in [-0.1, -0.05) is 11.6 Å². The number of halogens is 3. The first-order valence-corrected chi connectivity index (χ1v) is 5.81. The standard InChI is InChI=1S/C12H10ClF2N3O/c1-6(7-4-16-17-5-7)18-12(19)8-2-11(15)9(13)3-10(8)14/h2-6H,1H3,(H,16,17)(H,18,19). The molecule has 1 amide bonds. The van der Waals surface area contributed by atoms with Crippen LogP contribution in [0.2, 0.25) is 5.02 Å². The molecule has 1 aromatic carbocycles. The van der Waals surface area contributed by atoms with Gasteiger partial charge < -0.3 is 5.32 Å². The van der Waals surface area contributed by atoms with E-state index in [0.29, 0.717) is 0 Å². The first-order valence-electron chi connectivity index (χ1n) is 5.43. The quantitative estimate of drug-likeness (QED) is 0.852. The number of hydrogen-bond acceptors (Lipinski definition) is 2. The number of aromatic amines is 1. The predicted octanol–water partition coefficient (Wildman–Crippen LogP) is 2.83. The summed E-state index contributed by atoms with van der Waals surface area (Å²) in [5.74, 6) is -2.44. The maximum absolute atomic E-state index is 13.5. The molecule has 4 nitrogen and oxygen atoms in total. The molecule has 1 atom stereocenters. The van der Waals surface area contributed by atoms with Crippen LogP contribution in [-0.2, 0) is 0 Å². The topological polar surface area (TPSA) is 57.8 Å². The van der Waals surface area contributed by atoms with Gasteiger partial charge in [0.15, 0.2) is 0 Å². The molecule has 0 aliphatic heterocycles. The second-order valence-corrected chi connectivity index (χ2v) is 4.38. The third-order valence-corrected chi connectivity index (χ3v) is 2.91. The SMILES string of the molecule is CC(NC(=O)c1cc(F)c(Cl)cc1F)c1cn[nH]c1. The molecule has 1 unspecified atom stereocenters. The molecule has 2 aromatic rings. The number of amides is 1. The largest absolute Gasteiger partial charge is 0.345 e. The number of carbonyl (C=O) groups excluding carboxylic acids is 1. The van der Waals surface area contributed by atoms with Gasteiger partial charge in [-0.05, 0) is 19.1 Å². The summed E-state index contributed by atoms with van der Waals surface area (Å²) in [6.07, 6.45) is 3.13. The summed E-state index contributed by atoms with van der Waals surface area (Å²) in [4.78, 5) is 11.8. The molecule has 100 valence electrons. The van der Waals surface area contributed by atoms with Crippen molar-refractivity contribution in [3.63, 3.8) is 0 Å². The van der Waals surface area contributed by atoms with Crippen LogP contribution < -0.4 is 5.32 Å². The van der Waals surface area contributed by atoms with Crippen molar-refractivity contribution >= 4 is 17.5 Å². The van der Waals surface area contributed by atoms with Crippen molar-refractivity contribution in [2.24, 2.45) is 0 Å². The Morgan fingerprint density at radius 1 is 1.42 bits per heavy atom. The fourth-order valence-electron chi connectivity index (χ4n) is 1.55. The maximum atomic E-state index is 13.5. The number of nitrogens with zero attached hydrogens (tertiary/aromatic N) is 1. The number of H-pyrrole nitrogens is 1. The second-order valence-electron chi connectivity index (χ2n) is 3.97. The number of nitrogens with one attached hydrogen (secondary N) is 2. The van der Waals surface area contributed by atoms with Crippen LogP contribution in [-0.4, -0.2) is 16.1 Å². The summed E-state index contributed by atoms with van der Waals surface area (Å²) in [5, 5.41) is 8.51. The van der Waals surface area contributed by atoms with Crippen LogP contribution in [0.5, 0.6) is 0 Å². The minimum absolute atomic E-state index is 0.364. The van der Waals surface area contributed by atoms with Gasteiger partial charge in [-0.15, -0.1) is 0 Å². The van der Waals surface area contributed by atoms with Gasteiger partial charge in [-0.3, -0.25) is 9.89 Å². The van der Waals surface area contributed by atoms with Crippen molar-refractivity contribution in [2.45, 2.75) is 13.0 Å². The van der Waals surface area contributed by atoms with Crippen molar-refractivity contribution < 1.29 is 13.6 Å². The summed E-state index contributed by atoms with van der Waals surface area (Å²) in [7, 11) is 0. The molecule has 19 heavy (non-hydrogen) atoms. The average Bonchev–Trinajstić information content (AvgIpc) is 2.87. The zero-order chi connectivity index (χ0) is 14.0. The summed E-state index contributed by atoms with van der Waals surface area (Å²) >= 11 is 5.42. The lowest BCUT2D eigenvalue weighted by Gasteiger charge is -2.12. The molecule has 0 aliphatic rings. The van der Waals surface area contributed by atoms with Crippen molar-refractivity contribution in [2.75, 3.05) is 0 Å². The minimum Gasteiger partial charge on any atom is -0.345 e. The molecule has 0 saturated carbocycles. The van der Waals surface area contributed by atoms with E-state index in [0.717, 1.165) is 17.7 Å². The van der Waals surface area contributed by atoms with E-state index < -0.39 is 23.1 Å². The van der Waals surface area contributed by atoms with Gasteiger partial charge in [-0.2, -0.15) is 5.10 Å². The molecule has 0 bridgehead atoms. The number of hydrogen-bond donors (Lipinski definition) is 2. The normalized spacial score (nSPS) is 12.2.